The van der Waals surface area contributed by atoms with Crippen molar-refractivity contribution in [2.45, 2.75) is 65.2 Å². The zero-order valence-electron chi connectivity index (χ0n) is 17.7. The Morgan fingerprint density at radius 1 is 0.963 bits per heavy atom. The van der Waals surface area contributed by atoms with Crippen molar-refractivity contribution < 1.29 is 14.4 Å². The summed E-state index contributed by atoms with van der Waals surface area (Å²) in [5.74, 6) is 0.921. The number of thiol groups is 1. The Hall–Kier alpha value is -0.561. The van der Waals surface area contributed by atoms with Crippen LogP contribution in [0.4, 0.5) is 0 Å². The minimum absolute atomic E-state index is 0.0420. The second kappa shape index (κ2) is 20.2. The number of carbonyl (C=O) groups excluding carboxylic acids is 3. The molecule has 0 heterocycles. The smallest absolute Gasteiger partial charge is 0.219 e. The summed E-state index contributed by atoms with van der Waals surface area (Å²) < 4.78 is 0.0780. The van der Waals surface area contributed by atoms with Crippen molar-refractivity contribution in [1.82, 2.24) is 15.5 Å². The first-order valence-corrected chi connectivity index (χ1v) is 13.2. The standard InChI is InChI=1S/C10H21NO.C9H18N2O2SSe/c1-9(2)7-5-4-6-8-10(12)11-3;1-11(2)7-3-6-10-8(12)4-5-9(13)15-14/h9H,4-8H2,1-3H3,(H,11,12);14H,3-7H2,1-2H3,(H,10,12). The molecule has 0 radical (unpaired) electrons. The summed E-state index contributed by atoms with van der Waals surface area (Å²) in [6.45, 7) is 6.10. The van der Waals surface area contributed by atoms with Crippen LogP contribution in [0.1, 0.15) is 65.2 Å². The monoisotopic (exact) mass is 469 g/mol. The number of unbranched alkanes of at least 4 members (excludes halogenated alkanes) is 2. The van der Waals surface area contributed by atoms with E-state index in [-0.39, 0.29) is 30.3 Å². The van der Waals surface area contributed by atoms with Gasteiger partial charge in [-0.25, -0.2) is 0 Å². The fourth-order valence-electron chi connectivity index (χ4n) is 2.11. The van der Waals surface area contributed by atoms with Crippen molar-refractivity contribution in [3.63, 3.8) is 0 Å². The van der Waals surface area contributed by atoms with Crippen LogP contribution in [0.2, 0.25) is 0 Å². The fraction of sp³-hybridized carbons (Fsp3) is 0.842. The van der Waals surface area contributed by atoms with Crippen molar-refractivity contribution >= 4 is 41.4 Å². The van der Waals surface area contributed by atoms with E-state index in [1.807, 2.05) is 14.1 Å². The first kappa shape index (κ1) is 28.6. The molecule has 8 heteroatoms. The van der Waals surface area contributed by atoms with Crippen molar-refractivity contribution in [1.29, 1.82) is 0 Å². The number of nitrogens with one attached hydrogen (secondary N) is 2. The minimum Gasteiger partial charge on any atom is -0.359 e. The Balaban J connectivity index is 0. The average Bonchev–Trinajstić information content (AvgIpc) is 2.62. The van der Waals surface area contributed by atoms with Gasteiger partial charge in [0.2, 0.25) is 5.91 Å². The summed E-state index contributed by atoms with van der Waals surface area (Å²) in [5, 5.41) is 5.41. The number of nitrogens with zero attached hydrogens (tertiary/aromatic N) is 1. The van der Waals surface area contributed by atoms with Crippen molar-refractivity contribution in [2.75, 3.05) is 34.2 Å². The molecule has 0 rings (SSSR count). The Morgan fingerprint density at radius 2 is 1.63 bits per heavy atom. The van der Waals surface area contributed by atoms with Crippen molar-refractivity contribution in [3.8, 4) is 0 Å². The van der Waals surface area contributed by atoms with Gasteiger partial charge in [-0.05, 0) is 12.3 Å². The number of amides is 2. The molecule has 0 aliphatic heterocycles. The van der Waals surface area contributed by atoms with E-state index in [0.29, 0.717) is 25.8 Å². The van der Waals surface area contributed by atoms with E-state index in [0.717, 1.165) is 25.3 Å². The molecule has 0 atom stereocenters. The van der Waals surface area contributed by atoms with Gasteiger partial charge < -0.3 is 5.32 Å². The molecule has 0 saturated heterocycles. The largest absolute Gasteiger partial charge is 0.359 e. The third-order valence-electron chi connectivity index (χ3n) is 3.73. The molecule has 0 aromatic rings. The van der Waals surface area contributed by atoms with Gasteiger partial charge in [-0.15, -0.1) is 0 Å². The Kier molecular flexibility index (Phi) is 21.4. The number of carbonyl (C=O) groups is 3. The molecule has 2 amide bonds. The molecule has 0 saturated carbocycles. The minimum atomic E-state index is -0.273. The topological polar surface area (TPSA) is 78.5 Å². The third-order valence-corrected chi connectivity index (χ3v) is 5.64. The predicted octanol–water partition coefficient (Wildman–Crippen LogP) is 2.25. The molecule has 0 bridgehead atoms. The molecule has 0 aliphatic carbocycles. The average molecular weight is 469 g/mol. The first-order chi connectivity index (χ1) is 12.7. The van der Waals surface area contributed by atoms with Gasteiger partial charge in [0, 0.05) is 13.5 Å². The summed E-state index contributed by atoms with van der Waals surface area (Å²) in [6, 6.07) is 0. The SMILES string of the molecule is CN(C)CCCNC(=O)CCC(=O)[Se]S.CNC(=O)CCCCCC(C)C. The van der Waals surface area contributed by atoms with Crippen molar-refractivity contribution in [2.24, 2.45) is 5.92 Å². The van der Waals surface area contributed by atoms with Crippen LogP contribution >= 0.6 is 11.0 Å². The zero-order valence-corrected chi connectivity index (χ0v) is 20.3. The molecule has 0 fully saturated rings. The number of hydrogen-bond acceptors (Lipinski definition) is 5. The van der Waals surface area contributed by atoms with Gasteiger partial charge in [-0.1, -0.05) is 33.1 Å². The molecule has 2 N–H and O–H groups in total. The quantitative estimate of drug-likeness (QED) is 0.208. The molecular weight excluding hydrogens is 429 g/mol. The Labute approximate surface area is 176 Å². The molecular formula is C19H39N3O3SSe. The van der Waals surface area contributed by atoms with Crippen LogP contribution in [0.3, 0.4) is 0 Å². The van der Waals surface area contributed by atoms with E-state index in [2.05, 4.69) is 40.4 Å². The first-order valence-electron chi connectivity index (χ1n) is 9.69. The van der Waals surface area contributed by atoms with Crippen LogP contribution in [0.25, 0.3) is 0 Å². The van der Waals surface area contributed by atoms with E-state index < -0.39 is 0 Å². The van der Waals surface area contributed by atoms with Crippen LogP contribution in [0.5, 0.6) is 0 Å². The molecule has 0 aromatic carbocycles. The van der Waals surface area contributed by atoms with Gasteiger partial charge in [-0.2, -0.15) is 0 Å². The van der Waals surface area contributed by atoms with E-state index >= 15 is 0 Å². The molecule has 6 nitrogen and oxygen atoms in total. The Bertz CT molecular complexity index is 408. The Morgan fingerprint density at radius 3 is 2.15 bits per heavy atom. The summed E-state index contributed by atoms with van der Waals surface area (Å²) in [6.07, 6.45) is 7.00. The van der Waals surface area contributed by atoms with E-state index in [4.69, 9.17) is 0 Å². The summed E-state index contributed by atoms with van der Waals surface area (Å²) >= 11 is 3.63. The van der Waals surface area contributed by atoms with Crippen molar-refractivity contribution in [3.05, 3.63) is 0 Å². The second-order valence-corrected chi connectivity index (χ2v) is 9.42. The maximum Gasteiger partial charge on any atom is 0.219 e. The maximum absolute atomic E-state index is 11.2. The number of rotatable bonds is 14. The van der Waals surface area contributed by atoms with Crippen LogP contribution in [-0.2, 0) is 14.4 Å². The summed E-state index contributed by atoms with van der Waals surface area (Å²) in [4.78, 5) is 35.0. The van der Waals surface area contributed by atoms with Crippen LogP contribution in [-0.4, -0.2) is 69.5 Å². The van der Waals surface area contributed by atoms with Crippen LogP contribution in [0, 0.1) is 5.92 Å². The zero-order chi connectivity index (χ0) is 21.1. The van der Waals surface area contributed by atoms with Gasteiger partial charge >= 0.3 is 102 Å². The third kappa shape index (κ3) is 25.4. The molecule has 0 unspecified atom stereocenters. The van der Waals surface area contributed by atoms with Crippen LogP contribution in [0.15, 0.2) is 0 Å². The van der Waals surface area contributed by atoms with E-state index in [1.54, 1.807) is 7.05 Å². The molecule has 0 aliphatic rings. The van der Waals surface area contributed by atoms with Gasteiger partial charge in [-0.3, -0.25) is 4.79 Å². The molecule has 0 aromatic heterocycles. The molecule has 160 valence electrons. The van der Waals surface area contributed by atoms with Gasteiger partial charge in [0.05, 0.1) is 0 Å². The molecule has 0 spiro atoms. The van der Waals surface area contributed by atoms with Gasteiger partial charge in [0.1, 0.15) is 0 Å². The van der Waals surface area contributed by atoms with E-state index in [9.17, 15) is 14.4 Å². The summed E-state index contributed by atoms with van der Waals surface area (Å²) in [7, 11) is 5.68. The second-order valence-electron chi connectivity index (χ2n) is 7.14. The van der Waals surface area contributed by atoms with Gasteiger partial charge in [0.25, 0.3) is 0 Å². The van der Waals surface area contributed by atoms with E-state index in [1.165, 1.54) is 19.3 Å². The van der Waals surface area contributed by atoms with Gasteiger partial charge in [0.15, 0.2) is 0 Å². The molecule has 27 heavy (non-hydrogen) atoms. The maximum atomic E-state index is 11.2. The van der Waals surface area contributed by atoms with Crippen LogP contribution < -0.4 is 10.6 Å². The number of hydrogen-bond donors (Lipinski definition) is 3. The fourth-order valence-corrected chi connectivity index (χ4v) is 2.99. The normalized spacial score (nSPS) is 10.4. The predicted molar refractivity (Wildman–Crippen MR) is 117 cm³/mol. The summed E-state index contributed by atoms with van der Waals surface area (Å²) in [5.41, 5.74) is 0.